The van der Waals surface area contributed by atoms with E-state index in [1.165, 1.54) is 24.5 Å². The fourth-order valence-electron chi connectivity index (χ4n) is 6.01. The first kappa shape index (κ1) is 39.6. The molecule has 0 saturated carbocycles. The average Bonchev–Trinajstić information content (AvgIpc) is 3.60. The average molecular weight is 779 g/mol. The monoisotopic (exact) mass is 778 g/mol. The number of fused-ring (bicyclic) bond motifs is 1. The van der Waals surface area contributed by atoms with Gasteiger partial charge in [0.25, 0.3) is 5.91 Å². The molecule has 2 saturated heterocycles. The molecule has 0 bridgehead atoms. The maximum absolute atomic E-state index is 15.0. The summed E-state index contributed by atoms with van der Waals surface area (Å²) >= 11 is 6.58. The number of alkyl halides is 3. The van der Waals surface area contributed by atoms with Crippen molar-refractivity contribution in [3.63, 3.8) is 0 Å². The molecular formula is C34H32ClF5N8O6. The third kappa shape index (κ3) is 8.78. The van der Waals surface area contributed by atoms with Crippen LogP contribution in [-0.2, 0) is 9.59 Å². The van der Waals surface area contributed by atoms with Crippen molar-refractivity contribution in [3.8, 4) is 23.1 Å². The standard InChI is InChI=1S/C32H31ClF2N8O4.C2HF3O2/c33-24-15-20(1-2-22(24)32(46)41-10-5-19(6-11-41)31(45)42-12-8-37-16-21(42)18-44)40-29-30-39-17-25(43(30)13-9-38-29)23-3-4-26(47-14-7-36)28(35)27(23)34;3-2(4,5)1(6)7/h1-4,9,13,15,17,19,21,37,44H,5-6,8,10-12,14,16,18H2,(H,38,40);(H,6,7). The number of likely N-dealkylation sites (tertiary alicyclic amines) is 1. The number of ether oxygens (including phenoxy) is 1. The summed E-state index contributed by atoms with van der Waals surface area (Å²) in [7, 11) is 0. The highest BCUT2D eigenvalue weighted by Crippen LogP contribution is 2.33. The molecule has 1 atom stereocenters. The molecule has 2 fully saturated rings. The first-order valence-corrected chi connectivity index (χ1v) is 16.7. The minimum atomic E-state index is -5.08. The Kier molecular flexibility index (Phi) is 12.5. The van der Waals surface area contributed by atoms with E-state index in [-0.39, 0.29) is 52.4 Å². The summed E-state index contributed by atoms with van der Waals surface area (Å²) in [5, 5.41) is 32.0. The van der Waals surface area contributed by atoms with Gasteiger partial charge in [0.15, 0.2) is 29.6 Å². The number of carboxylic acid groups (broad SMARTS) is 1. The number of aromatic nitrogens is 3. The SMILES string of the molecule is N#CCOc1ccc(-c2cnc3c(Nc4ccc(C(=O)N5CCC(C(=O)N6CCNCC6CO)CC5)c(Cl)c4)nccn23)c(F)c1F.O=C(O)C(F)(F)F. The highest BCUT2D eigenvalue weighted by molar-refractivity contribution is 6.34. The maximum atomic E-state index is 15.0. The summed E-state index contributed by atoms with van der Waals surface area (Å²) in [5.41, 5.74) is 1.37. The van der Waals surface area contributed by atoms with Gasteiger partial charge in [-0.25, -0.2) is 19.2 Å². The van der Waals surface area contributed by atoms with Crippen LogP contribution < -0.4 is 15.4 Å². The fourth-order valence-corrected chi connectivity index (χ4v) is 6.27. The van der Waals surface area contributed by atoms with Crippen LogP contribution in [0.3, 0.4) is 0 Å². The van der Waals surface area contributed by atoms with E-state index in [0.717, 1.165) is 0 Å². The lowest BCUT2D eigenvalue weighted by Gasteiger charge is -2.39. The van der Waals surface area contributed by atoms with Gasteiger partial charge >= 0.3 is 12.1 Å². The number of nitriles is 1. The number of aliphatic carboxylic acids is 1. The molecule has 2 aromatic carbocycles. The van der Waals surface area contributed by atoms with E-state index in [2.05, 4.69) is 20.6 Å². The topological polar surface area (TPSA) is 185 Å². The summed E-state index contributed by atoms with van der Waals surface area (Å²) in [6, 6.07) is 8.96. The molecule has 6 rings (SSSR count). The molecule has 2 aliphatic heterocycles. The second kappa shape index (κ2) is 17.0. The third-order valence-corrected chi connectivity index (χ3v) is 9.04. The highest BCUT2D eigenvalue weighted by atomic mass is 35.5. The Hall–Kier alpha value is -5.58. The molecule has 4 N–H and O–H groups in total. The van der Waals surface area contributed by atoms with Gasteiger partial charge in [0.2, 0.25) is 11.7 Å². The zero-order chi connectivity index (χ0) is 39.2. The van der Waals surface area contributed by atoms with E-state index in [4.69, 9.17) is 31.5 Å². The van der Waals surface area contributed by atoms with Gasteiger partial charge in [-0.3, -0.25) is 14.0 Å². The van der Waals surface area contributed by atoms with Crippen LogP contribution in [0.2, 0.25) is 5.02 Å². The molecule has 20 heteroatoms. The molecule has 14 nitrogen and oxygen atoms in total. The predicted molar refractivity (Wildman–Crippen MR) is 182 cm³/mol. The van der Waals surface area contributed by atoms with Crippen LogP contribution in [0.1, 0.15) is 23.2 Å². The molecule has 4 aromatic rings. The number of carboxylic acids is 1. The molecule has 2 amide bonds. The summed E-state index contributed by atoms with van der Waals surface area (Å²) in [6.45, 7) is 2.12. The van der Waals surface area contributed by atoms with Crippen LogP contribution in [0.5, 0.6) is 5.75 Å². The number of imidazole rings is 1. The molecule has 0 aliphatic carbocycles. The van der Waals surface area contributed by atoms with Crippen LogP contribution >= 0.6 is 11.6 Å². The van der Waals surface area contributed by atoms with E-state index < -0.39 is 30.4 Å². The molecule has 286 valence electrons. The van der Waals surface area contributed by atoms with Crippen LogP contribution in [-0.4, -0.2) is 110 Å². The summed E-state index contributed by atoms with van der Waals surface area (Å²) in [4.78, 5) is 47.6. The van der Waals surface area contributed by atoms with Crippen molar-refractivity contribution in [2.75, 3.05) is 51.3 Å². The third-order valence-electron chi connectivity index (χ3n) is 8.72. The first-order chi connectivity index (χ1) is 25.7. The largest absolute Gasteiger partial charge is 0.490 e. The van der Waals surface area contributed by atoms with E-state index in [1.54, 1.807) is 44.7 Å². The van der Waals surface area contributed by atoms with Gasteiger partial charge in [0, 0.05) is 62.3 Å². The van der Waals surface area contributed by atoms with Crippen LogP contribution in [0.4, 0.5) is 33.5 Å². The number of rotatable bonds is 8. The van der Waals surface area contributed by atoms with Gasteiger partial charge in [0.05, 0.1) is 35.1 Å². The molecule has 0 spiro atoms. The number of amides is 2. The fraction of sp³-hybridized carbons (Fsp3) is 0.353. The van der Waals surface area contributed by atoms with Crippen LogP contribution in [0, 0.1) is 28.9 Å². The number of anilines is 2. The molecule has 2 aliphatic rings. The number of hydrogen-bond donors (Lipinski definition) is 4. The number of piperazine rings is 1. The smallest absolute Gasteiger partial charge is 0.476 e. The van der Waals surface area contributed by atoms with E-state index >= 15 is 0 Å². The number of hydrogen-bond acceptors (Lipinski definition) is 10. The Balaban J connectivity index is 0.000000730. The van der Waals surface area contributed by atoms with E-state index in [1.807, 2.05) is 0 Å². The van der Waals surface area contributed by atoms with Crippen molar-refractivity contribution in [2.45, 2.75) is 25.1 Å². The van der Waals surface area contributed by atoms with E-state index in [0.29, 0.717) is 68.3 Å². The van der Waals surface area contributed by atoms with Gasteiger partial charge in [-0.05, 0) is 43.2 Å². The van der Waals surface area contributed by atoms with Crippen LogP contribution in [0.25, 0.3) is 16.9 Å². The molecule has 4 heterocycles. The van der Waals surface area contributed by atoms with Crippen molar-refractivity contribution in [2.24, 2.45) is 5.92 Å². The minimum Gasteiger partial charge on any atom is -0.476 e. The number of nitrogens with one attached hydrogen (secondary N) is 2. The van der Waals surface area contributed by atoms with Crippen molar-refractivity contribution in [3.05, 3.63) is 71.1 Å². The number of halogens is 6. The van der Waals surface area contributed by atoms with Gasteiger partial charge in [-0.15, -0.1) is 0 Å². The Morgan fingerprint density at radius 2 is 1.81 bits per heavy atom. The zero-order valence-corrected chi connectivity index (χ0v) is 28.9. The van der Waals surface area contributed by atoms with Crippen molar-refractivity contribution < 1.29 is 51.3 Å². The number of nitrogens with zero attached hydrogens (tertiary/aromatic N) is 6. The molecular weight excluding hydrogens is 747 g/mol. The van der Waals surface area contributed by atoms with Gasteiger partial charge in [-0.1, -0.05) is 11.6 Å². The number of carbonyl (C=O) groups is 3. The summed E-state index contributed by atoms with van der Waals surface area (Å²) in [5.74, 6) is -5.59. The number of carbonyl (C=O) groups excluding carboxylic acids is 2. The Labute approximate surface area is 308 Å². The molecule has 2 aromatic heterocycles. The van der Waals surface area contributed by atoms with Gasteiger partial charge in [-0.2, -0.15) is 22.8 Å². The van der Waals surface area contributed by atoms with Crippen molar-refractivity contribution in [1.29, 1.82) is 5.26 Å². The lowest BCUT2D eigenvalue weighted by Crippen LogP contribution is -2.57. The maximum Gasteiger partial charge on any atom is 0.490 e. The summed E-state index contributed by atoms with van der Waals surface area (Å²) in [6.07, 6.45) is 0.388. The van der Waals surface area contributed by atoms with E-state index in [9.17, 15) is 36.6 Å². The van der Waals surface area contributed by atoms with Crippen molar-refractivity contribution in [1.82, 2.24) is 29.5 Å². The van der Waals surface area contributed by atoms with Crippen LogP contribution in [0.15, 0.2) is 48.9 Å². The Bertz CT molecular complexity index is 2070. The number of aliphatic hydroxyl groups excluding tert-OH is 1. The normalized spacial score (nSPS) is 16.3. The number of benzene rings is 2. The Morgan fingerprint density at radius 1 is 1.09 bits per heavy atom. The molecule has 1 unspecified atom stereocenters. The Morgan fingerprint density at radius 3 is 2.46 bits per heavy atom. The number of aliphatic hydroxyl groups is 1. The van der Waals surface area contributed by atoms with Crippen molar-refractivity contribution >= 4 is 46.5 Å². The zero-order valence-electron chi connectivity index (χ0n) is 28.1. The predicted octanol–water partition coefficient (Wildman–Crippen LogP) is 4.25. The summed E-state index contributed by atoms with van der Waals surface area (Å²) < 4.78 is 67.8. The minimum absolute atomic E-state index is 0.0242. The van der Waals surface area contributed by atoms with Gasteiger partial charge in [0.1, 0.15) is 6.07 Å². The second-order valence-corrected chi connectivity index (χ2v) is 12.5. The molecule has 54 heavy (non-hydrogen) atoms. The second-order valence-electron chi connectivity index (χ2n) is 12.1. The quantitative estimate of drug-likeness (QED) is 0.188. The molecule has 0 radical (unpaired) electrons. The lowest BCUT2D eigenvalue weighted by molar-refractivity contribution is -0.192. The number of piperidine rings is 1. The highest BCUT2D eigenvalue weighted by Gasteiger charge is 2.38. The van der Waals surface area contributed by atoms with Gasteiger partial charge < -0.3 is 35.4 Å². The first-order valence-electron chi connectivity index (χ1n) is 16.3. The lowest BCUT2D eigenvalue weighted by atomic mass is 9.93.